The SMILES string of the molecule is I.c1coc(CCNC(=NCCN2CCOCC2)NC2CCc3ncnn3C2)c1. The molecular weight excluding hydrogens is 485 g/mol. The van der Waals surface area contributed by atoms with Crippen molar-refractivity contribution in [1.29, 1.82) is 0 Å². The van der Waals surface area contributed by atoms with Gasteiger partial charge in [-0.25, -0.2) is 9.67 Å². The third-order valence-electron chi connectivity index (χ3n) is 5.18. The molecule has 2 aliphatic heterocycles. The molecule has 0 aliphatic carbocycles. The van der Waals surface area contributed by atoms with Crippen LogP contribution in [0.15, 0.2) is 34.1 Å². The molecule has 2 N–H and O–H groups in total. The monoisotopic (exact) mass is 515 g/mol. The third-order valence-corrected chi connectivity index (χ3v) is 5.18. The zero-order chi connectivity index (χ0) is 19.0. The van der Waals surface area contributed by atoms with Crippen LogP contribution in [0.3, 0.4) is 0 Å². The van der Waals surface area contributed by atoms with E-state index in [1.54, 1.807) is 12.6 Å². The van der Waals surface area contributed by atoms with E-state index in [2.05, 4.69) is 25.6 Å². The van der Waals surface area contributed by atoms with E-state index in [9.17, 15) is 0 Å². The Morgan fingerprint density at radius 3 is 3.03 bits per heavy atom. The molecule has 1 saturated heterocycles. The molecule has 2 aliphatic rings. The number of nitrogens with zero attached hydrogens (tertiary/aromatic N) is 5. The smallest absolute Gasteiger partial charge is 0.191 e. The molecule has 1 unspecified atom stereocenters. The van der Waals surface area contributed by atoms with Gasteiger partial charge in [-0.15, -0.1) is 24.0 Å². The molecule has 0 aromatic carbocycles. The molecule has 1 fully saturated rings. The van der Waals surface area contributed by atoms with Gasteiger partial charge in [0.15, 0.2) is 5.96 Å². The van der Waals surface area contributed by atoms with Gasteiger partial charge in [0.05, 0.1) is 32.6 Å². The number of aromatic nitrogens is 3. The lowest BCUT2D eigenvalue weighted by atomic mass is 10.1. The van der Waals surface area contributed by atoms with Gasteiger partial charge in [-0.2, -0.15) is 5.10 Å². The number of furan rings is 1. The van der Waals surface area contributed by atoms with Crippen LogP contribution in [0.1, 0.15) is 18.0 Å². The largest absolute Gasteiger partial charge is 0.469 e. The zero-order valence-electron chi connectivity index (χ0n) is 16.6. The predicted octanol–water partition coefficient (Wildman–Crippen LogP) is 0.914. The highest BCUT2D eigenvalue weighted by molar-refractivity contribution is 14.0. The number of ether oxygens (including phenoxy) is 1. The van der Waals surface area contributed by atoms with Gasteiger partial charge in [-0.1, -0.05) is 0 Å². The number of hydrogen-bond acceptors (Lipinski definition) is 6. The molecular formula is C19H30IN7O2. The number of guanidine groups is 1. The molecule has 2 aromatic heterocycles. The standard InChI is InChI=1S/C19H29N7O2.HI/c1-2-17(28-11-1)5-6-20-19(21-7-8-25-9-12-27-13-10-25)24-16-3-4-18-22-15-23-26(18)14-16;/h1-2,11,15-16H,3-10,12-14H2,(H2,20,21,24);1H. The Hall–Kier alpha value is -1.66. The molecule has 0 amide bonds. The molecule has 4 rings (SSSR count). The average molecular weight is 515 g/mol. The zero-order valence-corrected chi connectivity index (χ0v) is 19.0. The van der Waals surface area contributed by atoms with E-state index in [4.69, 9.17) is 14.1 Å². The van der Waals surface area contributed by atoms with E-state index < -0.39 is 0 Å². The molecule has 0 radical (unpaired) electrons. The van der Waals surface area contributed by atoms with E-state index in [1.807, 2.05) is 16.8 Å². The predicted molar refractivity (Wildman–Crippen MR) is 121 cm³/mol. The second-order valence-electron chi connectivity index (χ2n) is 7.18. The van der Waals surface area contributed by atoms with Gasteiger partial charge in [0.2, 0.25) is 0 Å². The first-order valence-electron chi connectivity index (χ1n) is 10.1. The maximum atomic E-state index is 5.42. The van der Waals surface area contributed by atoms with Crippen molar-refractivity contribution < 1.29 is 9.15 Å². The molecule has 9 nitrogen and oxygen atoms in total. The minimum atomic E-state index is 0. The lowest BCUT2D eigenvalue weighted by Crippen LogP contribution is -2.48. The fourth-order valence-electron chi connectivity index (χ4n) is 3.59. The van der Waals surface area contributed by atoms with Crippen molar-refractivity contribution in [3.05, 3.63) is 36.3 Å². The van der Waals surface area contributed by atoms with E-state index in [0.717, 1.165) is 89.3 Å². The van der Waals surface area contributed by atoms with Crippen molar-refractivity contribution in [3.8, 4) is 0 Å². The van der Waals surface area contributed by atoms with Crippen LogP contribution in [0.2, 0.25) is 0 Å². The van der Waals surface area contributed by atoms with Crippen molar-refractivity contribution in [2.24, 2.45) is 4.99 Å². The van der Waals surface area contributed by atoms with Gasteiger partial charge >= 0.3 is 0 Å². The second kappa shape index (κ2) is 11.5. The Morgan fingerprint density at radius 2 is 2.21 bits per heavy atom. The van der Waals surface area contributed by atoms with Crippen LogP contribution in [0.25, 0.3) is 0 Å². The fraction of sp³-hybridized carbons (Fsp3) is 0.632. The van der Waals surface area contributed by atoms with Gasteiger partial charge in [0.25, 0.3) is 0 Å². The van der Waals surface area contributed by atoms with Crippen LogP contribution in [-0.2, 0) is 24.1 Å². The first-order chi connectivity index (χ1) is 13.9. The van der Waals surface area contributed by atoms with Crippen LogP contribution >= 0.6 is 24.0 Å². The quantitative estimate of drug-likeness (QED) is 0.322. The lowest BCUT2D eigenvalue weighted by Gasteiger charge is -2.27. The van der Waals surface area contributed by atoms with E-state index in [0.29, 0.717) is 6.04 Å². The maximum absolute atomic E-state index is 5.42. The van der Waals surface area contributed by atoms with Gasteiger partial charge in [-0.05, 0) is 18.6 Å². The van der Waals surface area contributed by atoms with Crippen molar-refractivity contribution in [3.63, 3.8) is 0 Å². The summed E-state index contributed by atoms with van der Waals surface area (Å²) >= 11 is 0. The number of aliphatic imine (C=N–C) groups is 1. The summed E-state index contributed by atoms with van der Waals surface area (Å²) in [6, 6.07) is 4.22. The highest BCUT2D eigenvalue weighted by Crippen LogP contribution is 2.11. The highest BCUT2D eigenvalue weighted by Gasteiger charge is 2.20. The van der Waals surface area contributed by atoms with E-state index >= 15 is 0 Å². The maximum Gasteiger partial charge on any atom is 0.191 e. The van der Waals surface area contributed by atoms with Crippen molar-refractivity contribution >= 4 is 29.9 Å². The van der Waals surface area contributed by atoms with Gasteiger partial charge in [0, 0.05) is 45.1 Å². The molecule has 4 heterocycles. The number of morpholine rings is 1. The van der Waals surface area contributed by atoms with Crippen LogP contribution in [0.5, 0.6) is 0 Å². The number of nitrogens with one attached hydrogen (secondary N) is 2. The van der Waals surface area contributed by atoms with Crippen molar-refractivity contribution in [2.45, 2.75) is 31.8 Å². The van der Waals surface area contributed by atoms with Gasteiger partial charge < -0.3 is 19.8 Å². The first-order valence-corrected chi connectivity index (χ1v) is 10.1. The summed E-state index contributed by atoms with van der Waals surface area (Å²) in [6.45, 7) is 6.92. The Morgan fingerprint density at radius 1 is 1.31 bits per heavy atom. The molecule has 1 atom stereocenters. The third kappa shape index (κ3) is 6.68. The Bertz CT molecular complexity index is 744. The molecule has 10 heteroatoms. The molecule has 0 bridgehead atoms. The molecule has 29 heavy (non-hydrogen) atoms. The van der Waals surface area contributed by atoms with E-state index in [1.165, 1.54) is 0 Å². The lowest BCUT2D eigenvalue weighted by molar-refractivity contribution is 0.0394. The normalized spacial score (nSPS) is 20.0. The van der Waals surface area contributed by atoms with Crippen LogP contribution in [0.4, 0.5) is 0 Å². The van der Waals surface area contributed by atoms with E-state index in [-0.39, 0.29) is 24.0 Å². The summed E-state index contributed by atoms with van der Waals surface area (Å²) in [5, 5.41) is 11.3. The van der Waals surface area contributed by atoms with Crippen molar-refractivity contribution in [1.82, 2.24) is 30.3 Å². The Kier molecular flexibility index (Phi) is 8.74. The number of fused-ring (bicyclic) bond motifs is 1. The topological polar surface area (TPSA) is 92.7 Å². The van der Waals surface area contributed by atoms with Gasteiger partial charge in [0.1, 0.15) is 17.9 Å². The molecule has 2 aromatic rings. The summed E-state index contributed by atoms with van der Waals surface area (Å²) in [7, 11) is 0. The number of aryl methyl sites for hydroxylation is 1. The summed E-state index contributed by atoms with van der Waals surface area (Å²) in [6.07, 6.45) is 6.14. The number of hydrogen-bond donors (Lipinski definition) is 2. The summed E-state index contributed by atoms with van der Waals surface area (Å²) in [5.41, 5.74) is 0. The Balaban J connectivity index is 0.00000240. The second-order valence-corrected chi connectivity index (χ2v) is 7.18. The Labute approximate surface area is 188 Å². The number of halogens is 1. The number of rotatable bonds is 7. The van der Waals surface area contributed by atoms with Crippen molar-refractivity contribution in [2.75, 3.05) is 45.9 Å². The minimum Gasteiger partial charge on any atom is -0.469 e. The fourth-order valence-corrected chi connectivity index (χ4v) is 3.59. The summed E-state index contributed by atoms with van der Waals surface area (Å²) in [5.74, 6) is 2.90. The highest BCUT2D eigenvalue weighted by atomic mass is 127. The summed E-state index contributed by atoms with van der Waals surface area (Å²) < 4.78 is 12.8. The first kappa shape index (κ1) is 22.0. The molecule has 0 saturated carbocycles. The average Bonchev–Trinajstić information content (AvgIpc) is 3.40. The molecule has 0 spiro atoms. The minimum absolute atomic E-state index is 0. The van der Waals surface area contributed by atoms with Crippen LogP contribution < -0.4 is 10.6 Å². The van der Waals surface area contributed by atoms with Gasteiger partial charge in [-0.3, -0.25) is 9.89 Å². The van der Waals surface area contributed by atoms with Crippen LogP contribution in [0, 0.1) is 0 Å². The molecule has 160 valence electrons. The van der Waals surface area contributed by atoms with Crippen LogP contribution in [-0.4, -0.2) is 77.6 Å². The summed E-state index contributed by atoms with van der Waals surface area (Å²) in [4.78, 5) is 11.5.